The van der Waals surface area contributed by atoms with E-state index < -0.39 is 17.2 Å². The first kappa shape index (κ1) is 15.0. The van der Waals surface area contributed by atoms with Gasteiger partial charge in [-0.3, -0.25) is 0 Å². The van der Waals surface area contributed by atoms with Crippen LogP contribution < -0.4 is 5.32 Å². The molecular weight excluding hydrogens is 267 g/mol. The van der Waals surface area contributed by atoms with Crippen molar-refractivity contribution in [1.29, 1.82) is 0 Å². The highest BCUT2D eigenvalue weighted by atomic mass is 35.5. The number of unbranched alkanes of at least 4 members (excludes halogenated alkanes) is 1. The van der Waals surface area contributed by atoms with Gasteiger partial charge in [0.2, 0.25) is 5.28 Å². The molecule has 1 N–H and O–H groups in total. The quantitative estimate of drug-likeness (QED) is 0.824. The number of nitrogens with one attached hydrogen (secondary N) is 1. The van der Waals surface area contributed by atoms with Crippen molar-refractivity contribution in [3.05, 3.63) is 17.0 Å². The van der Waals surface area contributed by atoms with Crippen LogP contribution in [0.15, 0.2) is 6.07 Å². The zero-order valence-corrected chi connectivity index (χ0v) is 10.9. The summed E-state index contributed by atoms with van der Waals surface area (Å²) in [6.45, 7) is 3.94. The number of aromatic nitrogens is 2. The molecule has 0 aliphatic carbocycles. The van der Waals surface area contributed by atoms with Crippen LogP contribution in [0.25, 0.3) is 0 Å². The van der Waals surface area contributed by atoms with E-state index in [-0.39, 0.29) is 11.9 Å². The fourth-order valence-electron chi connectivity index (χ4n) is 1.47. The third-order valence-corrected chi connectivity index (χ3v) is 2.54. The Hall–Kier alpha value is -1.04. The van der Waals surface area contributed by atoms with Crippen molar-refractivity contribution in [2.24, 2.45) is 0 Å². The van der Waals surface area contributed by atoms with Crippen molar-refractivity contribution in [3.63, 3.8) is 0 Å². The van der Waals surface area contributed by atoms with Gasteiger partial charge in [0, 0.05) is 12.1 Å². The summed E-state index contributed by atoms with van der Waals surface area (Å²) in [5, 5.41) is 2.49. The molecule has 102 valence electrons. The minimum atomic E-state index is -4.52. The number of hydrogen-bond acceptors (Lipinski definition) is 3. The molecule has 1 heterocycles. The van der Waals surface area contributed by atoms with Gasteiger partial charge in [-0.25, -0.2) is 9.97 Å². The Morgan fingerprint density at radius 3 is 2.61 bits per heavy atom. The van der Waals surface area contributed by atoms with Crippen LogP contribution in [-0.2, 0) is 6.18 Å². The summed E-state index contributed by atoms with van der Waals surface area (Å²) in [4.78, 5) is 6.90. The van der Waals surface area contributed by atoms with Gasteiger partial charge in [0.1, 0.15) is 5.82 Å². The van der Waals surface area contributed by atoms with Gasteiger partial charge in [0.15, 0.2) is 5.69 Å². The van der Waals surface area contributed by atoms with E-state index in [4.69, 9.17) is 11.6 Å². The van der Waals surface area contributed by atoms with Crippen LogP contribution >= 0.6 is 11.6 Å². The van der Waals surface area contributed by atoms with E-state index in [9.17, 15) is 13.2 Å². The molecule has 0 aliphatic heterocycles. The van der Waals surface area contributed by atoms with E-state index in [2.05, 4.69) is 22.2 Å². The van der Waals surface area contributed by atoms with Gasteiger partial charge in [-0.15, -0.1) is 0 Å². The molecule has 1 aromatic rings. The van der Waals surface area contributed by atoms with Crippen molar-refractivity contribution in [3.8, 4) is 0 Å². The SMILES string of the molecule is CCCCC(C)Nc1cc(C(F)(F)F)nc(Cl)n1. The molecule has 1 unspecified atom stereocenters. The van der Waals surface area contributed by atoms with Crippen molar-refractivity contribution >= 4 is 17.4 Å². The standard InChI is InChI=1S/C11H15ClF3N3/c1-3-4-5-7(2)16-9-6-8(11(13,14)15)17-10(12)18-9/h6-7H,3-5H2,1-2H3,(H,16,17,18). The highest BCUT2D eigenvalue weighted by molar-refractivity contribution is 6.28. The maximum Gasteiger partial charge on any atom is 0.433 e. The van der Waals surface area contributed by atoms with E-state index in [1.54, 1.807) is 0 Å². The van der Waals surface area contributed by atoms with Gasteiger partial charge in [-0.1, -0.05) is 19.8 Å². The Morgan fingerprint density at radius 1 is 1.39 bits per heavy atom. The van der Waals surface area contributed by atoms with Crippen LogP contribution in [0.4, 0.5) is 19.0 Å². The topological polar surface area (TPSA) is 37.8 Å². The first-order chi connectivity index (χ1) is 8.32. The molecule has 3 nitrogen and oxygen atoms in total. The zero-order chi connectivity index (χ0) is 13.8. The molecule has 0 aliphatic rings. The fraction of sp³-hybridized carbons (Fsp3) is 0.636. The van der Waals surface area contributed by atoms with Crippen LogP contribution in [0.3, 0.4) is 0 Å². The number of anilines is 1. The van der Waals surface area contributed by atoms with Crippen LogP contribution in [0.1, 0.15) is 38.8 Å². The minimum Gasteiger partial charge on any atom is -0.367 e. The van der Waals surface area contributed by atoms with Crippen molar-refractivity contribution in [1.82, 2.24) is 9.97 Å². The number of alkyl halides is 3. The Morgan fingerprint density at radius 2 is 2.06 bits per heavy atom. The first-order valence-electron chi connectivity index (χ1n) is 5.71. The summed E-state index contributed by atoms with van der Waals surface area (Å²) in [5.41, 5.74) is -1.03. The van der Waals surface area contributed by atoms with Crippen molar-refractivity contribution in [2.75, 3.05) is 5.32 Å². The third-order valence-electron chi connectivity index (χ3n) is 2.37. The third kappa shape index (κ3) is 4.68. The van der Waals surface area contributed by atoms with Crippen LogP contribution in [0.5, 0.6) is 0 Å². The maximum atomic E-state index is 12.5. The number of nitrogens with zero attached hydrogens (tertiary/aromatic N) is 2. The second-order valence-electron chi connectivity index (χ2n) is 4.09. The van der Waals surface area contributed by atoms with E-state index in [1.165, 1.54) is 0 Å². The maximum absolute atomic E-state index is 12.5. The van der Waals surface area contributed by atoms with Gasteiger partial charge in [0.25, 0.3) is 0 Å². The summed E-state index contributed by atoms with van der Waals surface area (Å²) in [7, 11) is 0. The smallest absolute Gasteiger partial charge is 0.367 e. The normalized spacial score (nSPS) is 13.4. The van der Waals surface area contributed by atoms with E-state index in [0.29, 0.717) is 0 Å². The zero-order valence-electron chi connectivity index (χ0n) is 10.2. The predicted molar refractivity (Wildman–Crippen MR) is 64.7 cm³/mol. The summed E-state index contributed by atoms with van der Waals surface area (Å²) in [6.07, 6.45) is -1.63. The lowest BCUT2D eigenvalue weighted by molar-refractivity contribution is -0.141. The summed E-state index contributed by atoms with van der Waals surface area (Å²) >= 11 is 5.48. The molecule has 1 atom stereocenters. The number of hydrogen-bond donors (Lipinski definition) is 1. The van der Waals surface area contributed by atoms with E-state index in [1.807, 2.05) is 6.92 Å². The lowest BCUT2D eigenvalue weighted by Gasteiger charge is -2.15. The van der Waals surface area contributed by atoms with Gasteiger partial charge in [-0.2, -0.15) is 13.2 Å². The van der Waals surface area contributed by atoms with Crippen molar-refractivity contribution in [2.45, 2.75) is 45.3 Å². The second-order valence-corrected chi connectivity index (χ2v) is 4.43. The molecule has 0 saturated heterocycles. The lowest BCUT2D eigenvalue weighted by Crippen LogP contribution is -2.17. The predicted octanol–water partition coefficient (Wildman–Crippen LogP) is 4.14. The second kappa shape index (κ2) is 6.22. The summed E-state index contributed by atoms with van der Waals surface area (Å²) in [6, 6.07) is 0.908. The molecule has 0 radical (unpaired) electrons. The Bertz CT molecular complexity index is 396. The van der Waals surface area contributed by atoms with Crippen LogP contribution in [-0.4, -0.2) is 16.0 Å². The van der Waals surface area contributed by atoms with Gasteiger partial charge < -0.3 is 5.32 Å². The molecule has 0 aromatic carbocycles. The molecule has 0 saturated carbocycles. The van der Waals surface area contributed by atoms with E-state index in [0.717, 1.165) is 25.3 Å². The molecule has 1 aromatic heterocycles. The first-order valence-corrected chi connectivity index (χ1v) is 6.09. The van der Waals surface area contributed by atoms with Gasteiger partial charge in [0.05, 0.1) is 0 Å². The van der Waals surface area contributed by atoms with Gasteiger partial charge in [-0.05, 0) is 24.9 Å². The Labute approximate surface area is 109 Å². The molecule has 1 rings (SSSR count). The molecule has 18 heavy (non-hydrogen) atoms. The molecule has 0 fully saturated rings. The fourth-order valence-corrected chi connectivity index (χ4v) is 1.65. The molecule has 7 heteroatoms. The number of rotatable bonds is 5. The highest BCUT2D eigenvalue weighted by Gasteiger charge is 2.33. The van der Waals surface area contributed by atoms with Crippen molar-refractivity contribution < 1.29 is 13.2 Å². The Kier molecular flexibility index (Phi) is 5.19. The summed E-state index contributed by atoms with van der Waals surface area (Å²) in [5.74, 6) is 0.103. The molecule has 0 bridgehead atoms. The minimum absolute atomic E-state index is 0.0389. The van der Waals surface area contributed by atoms with Gasteiger partial charge >= 0.3 is 6.18 Å². The number of halogens is 4. The van der Waals surface area contributed by atoms with Crippen LogP contribution in [0.2, 0.25) is 5.28 Å². The summed E-state index contributed by atoms with van der Waals surface area (Å²) < 4.78 is 37.5. The van der Waals surface area contributed by atoms with Crippen LogP contribution in [0, 0.1) is 0 Å². The largest absolute Gasteiger partial charge is 0.433 e. The molecule has 0 spiro atoms. The average molecular weight is 282 g/mol. The highest BCUT2D eigenvalue weighted by Crippen LogP contribution is 2.29. The average Bonchev–Trinajstić information content (AvgIpc) is 2.24. The Balaban J connectivity index is 2.80. The molecule has 0 amide bonds. The van der Waals surface area contributed by atoms with E-state index >= 15 is 0 Å². The molecular formula is C11H15ClF3N3. The monoisotopic (exact) mass is 281 g/mol. The lowest BCUT2D eigenvalue weighted by atomic mass is 10.1.